The summed E-state index contributed by atoms with van der Waals surface area (Å²) in [4.78, 5) is 15.4. The molecule has 3 nitrogen and oxygen atoms in total. The van der Waals surface area contributed by atoms with Crippen LogP contribution in [0.15, 0.2) is 35.3 Å². The first-order chi connectivity index (χ1) is 9.30. The van der Waals surface area contributed by atoms with Gasteiger partial charge < -0.3 is 4.74 Å². The summed E-state index contributed by atoms with van der Waals surface area (Å²) in [5, 5.41) is 0. The Bertz CT molecular complexity index is 416. The summed E-state index contributed by atoms with van der Waals surface area (Å²) in [6.07, 6.45) is 0.723. The summed E-state index contributed by atoms with van der Waals surface area (Å²) in [6, 6.07) is 9.57. The van der Waals surface area contributed by atoms with Crippen LogP contribution in [0.25, 0.3) is 0 Å². The van der Waals surface area contributed by atoms with Gasteiger partial charge in [0.15, 0.2) is 0 Å². The molecule has 1 aromatic carbocycles. The van der Waals surface area contributed by atoms with Crippen molar-refractivity contribution < 1.29 is 9.53 Å². The van der Waals surface area contributed by atoms with Gasteiger partial charge in [0.2, 0.25) is 0 Å². The largest absolute Gasteiger partial charge is 0.447 e. The highest BCUT2D eigenvalue weighted by atomic mass is 16.5. The monoisotopic (exact) mass is 277 g/mol. The third-order valence-electron chi connectivity index (χ3n) is 2.08. The number of hydrogen-bond donors (Lipinski definition) is 0. The summed E-state index contributed by atoms with van der Waals surface area (Å²) >= 11 is 0. The Kier molecular flexibility index (Phi) is 8.53. The number of carbonyl (C=O) groups excluding carboxylic acids is 1. The van der Waals surface area contributed by atoms with Gasteiger partial charge in [-0.15, -0.1) is 0 Å². The van der Waals surface area contributed by atoms with E-state index in [9.17, 15) is 4.79 Å². The third-order valence-corrected chi connectivity index (χ3v) is 2.08. The van der Waals surface area contributed by atoms with Crippen molar-refractivity contribution in [2.75, 3.05) is 6.61 Å². The second-order valence-corrected chi connectivity index (χ2v) is 5.89. The second-order valence-electron chi connectivity index (χ2n) is 5.89. The number of amides is 1. The summed E-state index contributed by atoms with van der Waals surface area (Å²) < 4.78 is 5.07. The molecule has 0 heterocycles. The molecule has 0 spiro atoms. The van der Waals surface area contributed by atoms with Crippen LogP contribution in [-0.2, 0) is 4.74 Å². The molecule has 112 valence electrons. The molecule has 0 aliphatic rings. The van der Waals surface area contributed by atoms with Gasteiger partial charge in [-0.3, -0.25) is 0 Å². The molecule has 0 bridgehead atoms. The van der Waals surface area contributed by atoms with Crippen molar-refractivity contribution in [1.82, 2.24) is 0 Å². The first-order valence-electron chi connectivity index (χ1n) is 7.07. The molecule has 0 radical (unpaired) electrons. The van der Waals surface area contributed by atoms with Gasteiger partial charge in [0, 0.05) is 0 Å². The maximum Gasteiger partial charge on any atom is 0.433 e. The van der Waals surface area contributed by atoms with E-state index in [0.29, 0.717) is 12.3 Å². The van der Waals surface area contributed by atoms with E-state index < -0.39 is 6.09 Å². The van der Waals surface area contributed by atoms with Crippen LogP contribution in [-0.4, -0.2) is 18.4 Å². The Labute approximate surface area is 123 Å². The fraction of sp³-hybridized carbons (Fsp3) is 0.529. The molecule has 0 atom stereocenters. The Morgan fingerprint density at radius 1 is 1.15 bits per heavy atom. The highest BCUT2D eigenvalue weighted by Gasteiger charge is 2.13. The topological polar surface area (TPSA) is 38.7 Å². The number of nitrogens with zero attached hydrogens (tertiary/aromatic N) is 1. The molecule has 0 unspecified atom stereocenters. The van der Waals surface area contributed by atoms with E-state index in [1.54, 1.807) is 6.92 Å². The highest BCUT2D eigenvalue weighted by molar-refractivity contribution is 6.03. The zero-order valence-corrected chi connectivity index (χ0v) is 13.6. The van der Waals surface area contributed by atoms with E-state index in [2.05, 4.69) is 18.8 Å². The van der Waals surface area contributed by atoms with Crippen LogP contribution in [0.2, 0.25) is 0 Å². The van der Waals surface area contributed by atoms with Crippen LogP contribution in [0, 0.1) is 5.41 Å². The van der Waals surface area contributed by atoms with Crippen LogP contribution >= 0.6 is 0 Å². The average molecular weight is 277 g/mol. The zero-order chi connectivity index (χ0) is 15.6. The molecule has 0 aliphatic heterocycles. The Balaban J connectivity index is 0.00000110. The van der Waals surface area contributed by atoms with Crippen LogP contribution in [0.5, 0.6) is 0 Å². The van der Waals surface area contributed by atoms with E-state index in [4.69, 9.17) is 4.74 Å². The molecule has 20 heavy (non-hydrogen) atoms. The SMILES string of the molecule is C/C(=N/C(=O)OCC(C)(C)C)c1ccccc1.CCC. The normalized spacial score (nSPS) is 11.4. The summed E-state index contributed by atoms with van der Waals surface area (Å²) in [5.74, 6) is 0. The standard InChI is InChI=1S/C14H19NO2.C3H8/c1-11(12-8-6-5-7-9-12)15-13(16)17-10-14(2,3)4;1-3-2/h5-9H,10H2,1-4H3;3H2,1-2H3/b15-11-;. The van der Waals surface area contributed by atoms with Gasteiger partial charge in [-0.25, -0.2) is 4.79 Å². The Morgan fingerprint density at radius 2 is 1.65 bits per heavy atom. The Morgan fingerprint density at radius 3 is 2.10 bits per heavy atom. The fourth-order valence-electron chi connectivity index (χ4n) is 1.19. The first-order valence-corrected chi connectivity index (χ1v) is 7.07. The maximum atomic E-state index is 11.5. The molecule has 0 saturated carbocycles. The second kappa shape index (κ2) is 9.29. The van der Waals surface area contributed by atoms with Crippen molar-refractivity contribution in [2.24, 2.45) is 10.4 Å². The number of benzene rings is 1. The molecule has 3 heteroatoms. The molecular weight excluding hydrogens is 250 g/mol. The minimum Gasteiger partial charge on any atom is -0.447 e. The molecule has 0 saturated heterocycles. The van der Waals surface area contributed by atoms with E-state index in [0.717, 1.165) is 5.56 Å². The van der Waals surface area contributed by atoms with Gasteiger partial charge in [-0.1, -0.05) is 71.4 Å². The van der Waals surface area contributed by atoms with Crippen molar-refractivity contribution >= 4 is 11.8 Å². The van der Waals surface area contributed by atoms with Gasteiger partial charge in [-0.05, 0) is 17.9 Å². The molecule has 1 amide bonds. The van der Waals surface area contributed by atoms with Gasteiger partial charge in [0.05, 0.1) is 12.3 Å². The number of hydrogen-bond acceptors (Lipinski definition) is 2. The van der Waals surface area contributed by atoms with E-state index >= 15 is 0 Å². The smallest absolute Gasteiger partial charge is 0.433 e. The van der Waals surface area contributed by atoms with Crippen LogP contribution in [0.3, 0.4) is 0 Å². The van der Waals surface area contributed by atoms with Gasteiger partial charge in [0.25, 0.3) is 0 Å². The highest BCUT2D eigenvalue weighted by Crippen LogP contribution is 2.13. The molecular formula is C17H27NO2. The van der Waals surface area contributed by atoms with Crippen molar-refractivity contribution in [3.05, 3.63) is 35.9 Å². The van der Waals surface area contributed by atoms with Crippen LogP contribution in [0.4, 0.5) is 4.79 Å². The van der Waals surface area contributed by atoms with Crippen molar-refractivity contribution in [3.63, 3.8) is 0 Å². The summed E-state index contributed by atoms with van der Waals surface area (Å²) in [7, 11) is 0. The lowest BCUT2D eigenvalue weighted by Gasteiger charge is -2.16. The lowest BCUT2D eigenvalue weighted by atomic mass is 9.99. The van der Waals surface area contributed by atoms with Crippen LogP contribution in [0.1, 0.15) is 53.5 Å². The van der Waals surface area contributed by atoms with Gasteiger partial charge >= 0.3 is 6.09 Å². The van der Waals surface area contributed by atoms with E-state index in [-0.39, 0.29) is 5.41 Å². The number of ether oxygens (including phenoxy) is 1. The fourth-order valence-corrected chi connectivity index (χ4v) is 1.19. The van der Waals surface area contributed by atoms with Gasteiger partial charge in [0.1, 0.15) is 0 Å². The van der Waals surface area contributed by atoms with E-state index in [1.165, 1.54) is 6.42 Å². The number of rotatable bonds is 2. The average Bonchev–Trinajstić information content (AvgIpc) is 2.37. The summed E-state index contributed by atoms with van der Waals surface area (Å²) in [6.45, 7) is 12.4. The third kappa shape index (κ3) is 9.31. The minimum absolute atomic E-state index is 0.0359. The van der Waals surface area contributed by atoms with Crippen molar-refractivity contribution in [3.8, 4) is 0 Å². The number of carbonyl (C=O) groups is 1. The zero-order valence-electron chi connectivity index (χ0n) is 13.6. The van der Waals surface area contributed by atoms with Crippen molar-refractivity contribution in [2.45, 2.75) is 48.0 Å². The summed E-state index contributed by atoms with van der Waals surface area (Å²) in [5.41, 5.74) is 1.57. The molecule has 0 N–H and O–H groups in total. The predicted octanol–water partition coefficient (Wildman–Crippen LogP) is 5.09. The predicted molar refractivity (Wildman–Crippen MR) is 85.4 cm³/mol. The van der Waals surface area contributed by atoms with Crippen LogP contribution < -0.4 is 0 Å². The Hall–Kier alpha value is -1.64. The number of aliphatic imine (C=N–C) groups is 1. The minimum atomic E-state index is -0.527. The first kappa shape index (κ1) is 18.4. The van der Waals surface area contributed by atoms with Gasteiger partial charge in [-0.2, -0.15) is 4.99 Å². The molecule has 0 fully saturated rings. The molecule has 1 aromatic rings. The molecule has 1 rings (SSSR count). The lowest BCUT2D eigenvalue weighted by Crippen LogP contribution is -2.17. The quantitative estimate of drug-likeness (QED) is 0.706. The molecule has 0 aliphatic carbocycles. The lowest BCUT2D eigenvalue weighted by molar-refractivity contribution is 0.115. The maximum absolute atomic E-state index is 11.5. The molecule has 0 aromatic heterocycles. The van der Waals surface area contributed by atoms with Crippen molar-refractivity contribution in [1.29, 1.82) is 0 Å². The van der Waals surface area contributed by atoms with E-state index in [1.807, 2.05) is 51.1 Å².